The van der Waals surface area contributed by atoms with Crippen LogP contribution in [0.1, 0.15) is 148 Å². The number of nitrogens with one attached hydrogen (secondary N) is 3. The highest BCUT2D eigenvalue weighted by Crippen LogP contribution is 2.54. The molecule has 6 aliphatic carbocycles. The van der Waals surface area contributed by atoms with E-state index in [2.05, 4.69) is 20.9 Å². The van der Waals surface area contributed by atoms with Crippen molar-refractivity contribution in [2.45, 2.75) is 184 Å². The third-order valence-corrected chi connectivity index (χ3v) is 14.9. The van der Waals surface area contributed by atoms with Crippen molar-refractivity contribution in [3.8, 4) is 0 Å². The number of nitrogens with zero attached hydrogens (tertiary/aromatic N) is 1. The van der Waals surface area contributed by atoms with Crippen LogP contribution in [0.2, 0.25) is 0 Å². The molecule has 0 aromatic carbocycles. The van der Waals surface area contributed by atoms with E-state index in [4.69, 9.17) is 0 Å². The van der Waals surface area contributed by atoms with E-state index in [0.29, 0.717) is 6.17 Å². The summed E-state index contributed by atoms with van der Waals surface area (Å²) in [5, 5.41) is 12.8. The monoisotopic (exact) mass is 565 g/mol. The van der Waals surface area contributed by atoms with Gasteiger partial charge in [0.2, 0.25) is 0 Å². The molecule has 9 atom stereocenters. The number of rotatable bonds is 4. The molecule has 0 bridgehead atoms. The molecule has 6 saturated carbocycles. The topological polar surface area (TPSA) is 39.3 Å². The summed E-state index contributed by atoms with van der Waals surface area (Å²) in [7, 11) is 0. The van der Waals surface area contributed by atoms with Crippen LogP contribution in [0, 0.1) is 41.4 Å². The van der Waals surface area contributed by atoms with Gasteiger partial charge in [-0.2, -0.15) is 0 Å². The van der Waals surface area contributed by atoms with E-state index in [0.717, 1.165) is 71.6 Å². The van der Waals surface area contributed by atoms with Gasteiger partial charge in [-0.1, -0.05) is 64.2 Å². The highest BCUT2D eigenvalue weighted by atomic mass is 15.4. The minimum atomic E-state index is 0.594. The second-order valence-electron chi connectivity index (χ2n) is 16.7. The average molecular weight is 565 g/mol. The van der Waals surface area contributed by atoms with E-state index in [1.807, 2.05) is 0 Å². The first-order valence-corrected chi connectivity index (χ1v) is 19.3. The van der Waals surface area contributed by atoms with Gasteiger partial charge in [0.25, 0.3) is 0 Å². The second-order valence-corrected chi connectivity index (χ2v) is 16.7. The van der Waals surface area contributed by atoms with Crippen LogP contribution in [0.15, 0.2) is 0 Å². The zero-order chi connectivity index (χ0) is 27.2. The molecule has 2 aliphatic heterocycles. The van der Waals surface area contributed by atoms with Crippen LogP contribution in [0.3, 0.4) is 0 Å². The van der Waals surface area contributed by atoms with Crippen molar-refractivity contribution in [2.24, 2.45) is 41.4 Å². The summed E-state index contributed by atoms with van der Waals surface area (Å²) in [4.78, 5) is 3.10. The molecule has 41 heavy (non-hydrogen) atoms. The van der Waals surface area contributed by atoms with Gasteiger partial charge in [-0.05, 0) is 125 Å². The van der Waals surface area contributed by atoms with E-state index < -0.39 is 0 Å². The summed E-state index contributed by atoms with van der Waals surface area (Å²) in [5.74, 6) is 6.83. The zero-order valence-corrected chi connectivity index (χ0v) is 26.4. The molecule has 4 nitrogen and oxygen atoms in total. The average Bonchev–Trinajstić information content (AvgIpc) is 3.51. The van der Waals surface area contributed by atoms with Crippen molar-refractivity contribution in [1.29, 1.82) is 0 Å². The fourth-order valence-corrected chi connectivity index (χ4v) is 12.9. The van der Waals surface area contributed by atoms with Gasteiger partial charge in [0, 0.05) is 36.9 Å². The van der Waals surface area contributed by atoms with E-state index in [9.17, 15) is 0 Å². The van der Waals surface area contributed by atoms with Crippen molar-refractivity contribution >= 4 is 0 Å². The molecule has 8 rings (SSSR count). The summed E-state index contributed by atoms with van der Waals surface area (Å²) in [6.07, 6.45) is 34.8. The third-order valence-electron chi connectivity index (χ3n) is 14.9. The molecule has 0 aromatic heterocycles. The van der Waals surface area contributed by atoms with Crippen molar-refractivity contribution in [1.82, 2.24) is 20.9 Å². The van der Waals surface area contributed by atoms with Gasteiger partial charge in [0.15, 0.2) is 0 Å². The Morgan fingerprint density at radius 3 is 1.61 bits per heavy atom. The minimum Gasteiger partial charge on any atom is -0.300 e. The Hall–Kier alpha value is -0.160. The molecular weight excluding hydrogens is 500 g/mol. The largest absolute Gasteiger partial charge is 0.300 e. The zero-order valence-electron chi connectivity index (χ0n) is 26.4. The molecule has 0 spiro atoms. The molecule has 9 unspecified atom stereocenters. The Bertz CT molecular complexity index is 816. The van der Waals surface area contributed by atoms with Gasteiger partial charge in [0.1, 0.15) is 0 Å². The maximum absolute atomic E-state index is 4.32. The van der Waals surface area contributed by atoms with Crippen LogP contribution in [-0.4, -0.2) is 47.9 Å². The van der Waals surface area contributed by atoms with E-state index in [1.165, 1.54) is 142 Å². The first-order valence-electron chi connectivity index (χ1n) is 19.3. The number of fused-ring (bicyclic) bond motifs is 6. The third kappa shape index (κ3) is 5.61. The first-order chi connectivity index (χ1) is 20.3. The molecule has 232 valence electrons. The molecular formula is C37H64N4. The van der Waals surface area contributed by atoms with Crippen molar-refractivity contribution in [3.63, 3.8) is 0 Å². The quantitative estimate of drug-likeness (QED) is 0.329. The van der Waals surface area contributed by atoms with Crippen molar-refractivity contribution in [2.75, 3.05) is 6.67 Å². The number of hydrogen-bond acceptors (Lipinski definition) is 4. The van der Waals surface area contributed by atoms with E-state index >= 15 is 0 Å². The van der Waals surface area contributed by atoms with Gasteiger partial charge in [0.05, 0.1) is 6.17 Å². The van der Waals surface area contributed by atoms with Crippen LogP contribution >= 0.6 is 0 Å². The minimum absolute atomic E-state index is 0.594. The van der Waals surface area contributed by atoms with Gasteiger partial charge in [-0.25, -0.2) is 0 Å². The van der Waals surface area contributed by atoms with Gasteiger partial charge < -0.3 is 0 Å². The lowest BCUT2D eigenvalue weighted by molar-refractivity contribution is -0.0463. The van der Waals surface area contributed by atoms with E-state index in [-0.39, 0.29) is 0 Å². The summed E-state index contributed by atoms with van der Waals surface area (Å²) in [6, 6.07) is 4.08. The second kappa shape index (κ2) is 12.7. The molecule has 8 aliphatic rings. The summed E-state index contributed by atoms with van der Waals surface area (Å²) in [6.45, 7) is 1.20. The fraction of sp³-hybridized carbons (Fsp3) is 1.00. The predicted octanol–water partition coefficient (Wildman–Crippen LogP) is 7.58. The highest BCUT2D eigenvalue weighted by Gasteiger charge is 2.56. The van der Waals surface area contributed by atoms with Crippen LogP contribution < -0.4 is 16.0 Å². The summed E-state index contributed by atoms with van der Waals surface area (Å²) in [5.41, 5.74) is 0. The lowest BCUT2D eigenvalue weighted by Crippen LogP contribution is -2.64. The smallest absolute Gasteiger partial charge is 0.0605 e. The van der Waals surface area contributed by atoms with Crippen LogP contribution in [0.25, 0.3) is 0 Å². The standard InChI is InChI=1S/C37H64N4/c1-3-11-25(12-4-1)33-23-34(40-37(39-33)27-13-5-2-6-14-27)26-19-21-28(22-20-26)41-24-38-35-31-17-9-7-15-29(31)30-16-8-10-18-32(30)36(35)41/h25-40H,1-24H2. The van der Waals surface area contributed by atoms with Gasteiger partial charge in [-0.3, -0.25) is 20.9 Å². The Kier molecular flexibility index (Phi) is 8.76. The lowest BCUT2D eigenvalue weighted by Gasteiger charge is -2.56. The summed E-state index contributed by atoms with van der Waals surface area (Å²) < 4.78 is 0. The van der Waals surface area contributed by atoms with Gasteiger partial charge >= 0.3 is 0 Å². The van der Waals surface area contributed by atoms with Crippen LogP contribution in [0.5, 0.6) is 0 Å². The summed E-state index contributed by atoms with van der Waals surface area (Å²) >= 11 is 0. The Morgan fingerprint density at radius 2 is 0.951 bits per heavy atom. The fourth-order valence-electron chi connectivity index (χ4n) is 12.9. The molecule has 0 aromatic rings. The normalized spacial score (nSPS) is 48.7. The first kappa shape index (κ1) is 28.3. The predicted molar refractivity (Wildman–Crippen MR) is 169 cm³/mol. The Labute approximate surface area is 252 Å². The van der Waals surface area contributed by atoms with Crippen LogP contribution in [-0.2, 0) is 0 Å². The SMILES string of the molecule is C1CCC(C2CC(C3CCC(N4CNC5C6CCCCC6C6CCCCC6C54)CC3)NC(C3CCCCC3)N2)CC1. The van der Waals surface area contributed by atoms with E-state index in [1.54, 1.807) is 12.8 Å². The van der Waals surface area contributed by atoms with Gasteiger partial charge in [-0.15, -0.1) is 0 Å². The molecule has 0 amide bonds. The van der Waals surface area contributed by atoms with Crippen molar-refractivity contribution in [3.05, 3.63) is 0 Å². The maximum Gasteiger partial charge on any atom is 0.0605 e. The van der Waals surface area contributed by atoms with Crippen molar-refractivity contribution < 1.29 is 0 Å². The molecule has 2 saturated heterocycles. The van der Waals surface area contributed by atoms with Crippen LogP contribution in [0.4, 0.5) is 0 Å². The number of hydrogen-bond donors (Lipinski definition) is 3. The molecule has 4 heteroatoms. The molecule has 2 heterocycles. The molecule has 0 radical (unpaired) electrons. The molecule has 8 fully saturated rings. The lowest BCUT2D eigenvalue weighted by atomic mass is 9.54. The Morgan fingerprint density at radius 1 is 0.439 bits per heavy atom. The maximum atomic E-state index is 4.32. The Balaban J connectivity index is 0.937. The molecule has 3 N–H and O–H groups in total. The highest BCUT2D eigenvalue weighted by molar-refractivity contribution is 5.10.